The van der Waals surface area contributed by atoms with Crippen LogP contribution >= 0.6 is 0 Å². The first kappa shape index (κ1) is 15.0. The fourth-order valence-corrected chi connectivity index (χ4v) is 2.40. The van der Waals surface area contributed by atoms with Gasteiger partial charge in [-0.3, -0.25) is 14.4 Å². The maximum Gasteiger partial charge on any atom is 0.254 e. The molecule has 2 rings (SSSR count). The number of amides is 3. The minimum Gasteiger partial charge on any atom is -0.339 e. The molecule has 1 aliphatic heterocycles. The van der Waals surface area contributed by atoms with Crippen LogP contribution in [0.15, 0.2) is 18.2 Å². The Bertz CT molecular complexity index is 543. The van der Waals surface area contributed by atoms with Gasteiger partial charge in [-0.15, -0.1) is 0 Å². The monoisotopic (exact) mass is 289 g/mol. The molecule has 3 amide bonds. The van der Waals surface area contributed by atoms with E-state index in [0.717, 1.165) is 25.9 Å². The standard InChI is InChI=1S/C15H19N3O3/c1-10(19)16-13-7-12(8-14(9-13)17-11(2)20)15(21)18-5-3-4-6-18/h7-9H,3-6H2,1-2H3,(H,16,19)(H,17,20). The van der Waals surface area contributed by atoms with E-state index in [2.05, 4.69) is 10.6 Å². The van der Waals surface area contributed by atoms with Gasteiger partial charge in [-0.05, 0) is 31.0 Å². The van der Waals surface area contributed by atoms with Crippen LogP contribution in [-0.4, -0.2) is 35.7 Å². The van der Waals surface area contributed by atoms with Gasteiger partial charge in [0.2, 0.25) is 11.8 Å². The molecule has 0 bridgehead atoms. The highest BCUT2D eigenvalue weighted by Gasteiger charge is 2.20. The van der Waals surface area contributed by atoms with E-state index in [9.17, 15) is 14.4 Å². The number of anilines is 2. The van der Waals surface area contributed by atoms with E-state index in [0.29, 0.717) is 16.9 Å². The summed E-state index contributed by atoms with van der Waals surface area (Å²) in [5.41, 5.74) is 1.46. The molecular weight excluding hydrogens is 270 g/mol. The van der Waals surface area contributed by atoms with E-state index >= 15 is 0 Å². The largest absolute Gasteiger partial charge is 0.339 e. The van der Waals surface area contributed by atoms with E-state index in [1.807, 2.05) is 0 Å². The van der Waals surface area contributed by atoms with Gasteiger partial charge >= 0.3 is 0 Å². The zero-order valence-electron chi connectivity index (χ0n) is 12.2. The summed E-state index contributed by atoms with van der Waals surface area (Å²) in [5.74, 6) is -0.532. The summed E-state index contributed by atoms with van der Waals surface area (Å²) in [6.45, 7) is 4.29. The molecule has 2 N–H and O–H groups in total. The predicted molar refractivity (Wildman–Crippen MR) is 80.2 cm³/mol. The van der Waals surface area contributed by atoms with Gasteiger partial charge in [0.1, 0.15) is 0 Å². The zero-order valence-corrected chi connectivity index (χ0v) is 12.2. The second-order valence-corrected chi connectivity index (χ2v) is 5.16. The SMILES string of the molecule is CC(=O)Nc1cc(NC(C)=O)cc(C(=O)N2CCCC2)c1. The van der Waals surface area contributed by atoms with E-state index < -0.39 is 0 Å². The van der Waals surface area contributed by atoms with Crippen molar-refractivity contribution in [3.05, 3.63) is 23.8 Å². The van der Waals surface area contributed by atoms with Crippen LogP contribution in [0.3, 0.4) is 0 Å². The molecule has 6 nitrogen and oxygen atoms in total. The number of hydrogen-bond donors (Lipinski definition) is 2. The van der Waals surface area contributed by atoms with Crippen molar-refractivity contribution in [2.75, 3.05) is 23.7 Å². The number of hydrogen-bond acceptors (Lipinski definition) is 3. The lowest BCUT2D eigenvalue weighted by Crippen LogP contribution is -2.27. The third-order valence-corrected chi connectivity index (χ3v) is 3.21. The molecule has 1 aromatic rings. The predicted octanol–water partition coefficient (Wildman–Crippen LogP) is 1.84. The Morgan fingerprint density at radius 3 is 1.81 bits per heavy atom. The van der Waals surface area contributed by atoms with Crippen LogP contribution in [0.4, 0.5) is 11.4 Å². The Kier molecular flexibility index (Phi) is 4.57. The lowest BCUT2D eigenvalue weighted by molar-refractivity contribution is -0.115. The van der Waals surface area contributed by atoms with Gasteiger partial charge in [-0.25, -0.2) is 0 Å². The van der Waals surface area contributed by atoms with E-state index in [1.165, 1.54) is 13.8 Å². The molecule has 0 radical (unpaired) electrons. The van der Waals surface area contributed by atoms with Crippen molar-refractivity contribution in [3.63, 3.8) is 0 Å². The molecule has 112 valence electrons. The van der Waals surface area contributed by atoms with Crippen molar-refractivity contribution in [3.8, 4) is 0 Å². The third-order valence-electron chi connectivity index (χ3n) is 3.21. The quantitative estimate of drug-likeness (QED) is 0.891. The lowest BCUT2D eigenvalue weighted by atomic mass is 10.1. The first-order chi connectivity index (χ1) is 9.95. The van der Waals surface area contributed by atoms with Crippen LogP contribution in [0.1, 0.15) is 37.0 Å². The molecule has 1 saturated heterocycles. The lowest BCUT2D eigenvalue weighted by Gasteiger charge is -2.17. The number of nitrogens with zero attached hydrogens (tertiary/aromatic N) is 1. The minimum atomic E-state index is -0.227. The Hall–Kier alpha value is -2.37. The molecule has 1 fully saturated rings. The number of benzene rings is 1. The molecule has 1 aliphatic rings. The van der Waals surface area contributed by atoms with Crippen LogP contribution in [0.25, 0.3) is 0 Å². The van der Waals surface area contributed by atoms with Crippen LogP contribution in [0, 0.1) is 0 Å². The number of likely N-dealkylation sites (tertiary alicyclic amines) is 1. The molecule has 21 heavy (non-hydrogen) atoms. The van der Waals surface area contributed by atoms with Crippen molar-refractivity contribution in [1.82, 2.24) is 4.90 Å². The highest BCUT2D eigenvalue weighted by molar-refractivity contribution is 6.00. The third kappa shape index (κ3) is 4.05. The summed E-state index contributed by atoms with van der Waals surface area (Å²) in [5, 5.41) is 5.29. The fraction of sp³-hybridized carbons (Fsp3) is 0.400. The average molecular weight is 289 g/mol. The molecule has 6 heteroatoms. The van der Waals surface area contributed by atoms with Crippen LogP contribution in [-0.2, 0) is 9.59 Å². The highest BCUT2D eigenvalue weighted by atomic mass is 16.2. The second-order valence-electron chi connectivity index (χ2n) is 5.16. The van der Waals surface area contributed by atoms with Crippen LogP contribution in [0.5, 0.6) is 0 Å². The number of nitrogens with one attached hydrogen (secondary N) is 2. The van der Waals surface area contributed by atoms with E-state index in [1.54, 1.807) is 23.1 Å². The fourth-order valence-electron chi connectivity index (χ4n) is 2.40. The molecule has 0 aromatic heterocycles. The van der Waals surface area contributed by atoms with Crippen molar-refractivity contribution < 1.29 is 14.4 Å². The Balaban J connectivity index is 2.31. The molecule has 0 spiro atoms. The van der Waals surface area contributed by atoms with Crippen LogP contribution in [0.2, 0.25) is 0 Å². The van der Waals surface area contributed by atoms with Crippen LogP contribution < -0.4 is 10.6 Å². The van der Waals surface area contributed by atoms with Gasteiger partial charge < -0.3 is 15.5 Å². The topological polar surface area (TPSA) is 78.5 Å². The van der Waals surface area contributed by atoms with Crippen molar-refractivity contribution in [1.29, 1.82) is 0 Å². The Morgan fingerprint density at radius 1 is 0.905 bits per heavy atom. The van der Waals surface area contributed by atoms with Gasteiger partial charge in [0.25, 0.3) is 5.91 Å². The van der Waals surface area contributed by atoms with Gasteiger partial charge in [0, 0.05) is 43.9 Å². The molecular formula is C15H19N3O3. The summed E-state index contributed by atoms with van der Waals surface area (Å²) >= 11 is 0. The molecule has 1 heterocycles. The normalized spacial score (nSPS) is 13.9. The van der Waals surface area contributed by atoms with Gasteiger partial charge in [-0.1, -0.05) is 0 Å². The van der Waals surface area contributed by atoms with Crippen molar-refractivity contribution in [2.45, 2.75) is 26.7 Å². The van der Waals surface area contributed by atoms with E-state index in [-0.39, 0.29) is 17.7 Å². The summed E-state index contributed by atoms with van der Waals surface area (Å²) in [4.78, 5) is 36.6. The first-order valence-electron chi connectivity index (χ1n) is 6.95. The van der Waals surface area contributed by atoms with Gasteiger partial charge in [0.15, 0.2) is 0 Å². The molecule has 0 atom stereocenters. The Morgan fingerprint density at radius 2 is 1.38 bits per heavy atom. The highest BCUT2D eigenvalue weighted by Crippen LogP contribution is 2.22. The second kappa shape index (κ2) is 6.39. The Labute approximate surface area is 123 Å². The number of rotatable bonds is 3. The minimum absolute atomic E-state index is 0.0775. The first-order valence-corrected chi connectivity index (χ1v) is 6.95. The van der Waals surface area contributed by atoms with Gasteiger partial charge in [0.05, 0.1) is 0 Å². The molecule has 0 unspecified atom stereocenters. The molecule has 1 aromatic carbocycles. The van der Waals surface area contributed by atoms with Crippen molar-refractivity contribution in [2.24, 2.45) is 0 Å². The number of carbonyl (C=O) groups is 3. The smallest absolute Gasteiger partial charge is 0.254 e. The maximum absolute atomic E-state index is 12.4. The summed E-state index contributed by atoms with van der Waals surface area (Å²) in [6.07, 6.45) is 2.02. The molecule has 0 aliphatic carbocycles. The summed E-state index contributed by atoms with van der Waals surface area (Å²) in [7, 11) is 0. The van der Waals surface area contributed by atoms with Gasteiger partial charge in [-0.2, -0.15) is 0 Å². The summed E-state index contributed by atoms with van der Waals surface area (Å²) in [6, 6.07) is 4.89. The zero-order chi connectivity index (χ0) is 15.4. The average Bonchev–Trinajstić information content (AvgIpc) is 2.89. The molecule has 0 saturated carbocycles. The van der Waals surface area contributed by atoms with E-state index in [4.69, 9.17) is 0 Å². The number of carbonyl (C=O) groups excluding carboxylic acids is 3. The summed E-state index contributed by atoms with van der Waals surface area (Å²) < 4.78 is 0. The van der Waals surface area contributed by atoms with Crippen molar-refractivity contribution >= 4 is 29.1 Å². The maximum atomic E-state index is 12.4.